The summed E-state index contributed by atoms with van der Waals surface area (Å²) in [7, 11) is 1.77. The first-order valence-electron chi connectivity index (χ1n) is 5.75. The van der Waals surface area contributed by atoms with E-state index in [1.54, 1.807) is 11.9 Å². The van der Waals surface area contributed by atoms with Gasteiger partial charge in [-0.3, -0.25) is 4.79 Å². The predicted molar refractivity (Wildman–Crippen MR) is 67.8 cm³/mol. The van der Waals surface area contributed by atoms with Gasteiger partial charge in [0.15, 0.2) is 6.61 Å². The van der Waals surface area contributed by atoms with Gasteiger partial charge in [-0.25, -0.2) is 0 Å². The Morgan fingerprint density at radius 1 is 1.41 bits per heavy atom. The van der Waals surface area contributed by atoms with Crippen LogP contribution in [0.15, 0.2) is 30.3 Å². The molecule has 0 saturated carbocycles. The molecule has 4 heteroatoms. The topological polar surface area (TPSA) is 55.6 Å². The zero-order valence-electron chi connectivity index (χ0n) is 10.4. The molecule has 17 heavy (non-hydrogen) atoms. The Kier molecular flexibility index (Phi) is 5.49. The molecule has 0 aliphatic heterocycles. The second kappa shape index (κ2) is 6.91. The largest absolute Gasteiger partial charge is 0.484 e. The minimum absolute atomic E-state index is 0.0332. The van der Waals surface area contributed by atoms with Gasteiger partial charge in [-0.1, -0.05) is 25.1 Å². The Morgan fingerprint density at radius 3 is 2.65 bits per heavy atom. The van der Waals surface area contributed by atoms with Crippen LogP contribution in [0.3, 0.4) is 0 Å². The molecule has 0 aromatic heterocycles. The summed E-state index contributed by atoms with van der Waals surface area (Å²) in [5.41, 5.74) is 5.52. The van der Waals surface area contributed by atoms with E-state index in [0.717, 1.165) is 0 Å². The Hall–Kier alpha value is -1.55. The molecule has 4 nitrogen and oxygen atoms in total. The predicted octanol–water partition coefficient (Wildman–Crippen LogP) is 1.12. The molecule has 0 fully saturated rings. The van der Waals surface area contributed by atoms with E-state index in [4.69, 9.17) is 10.5 Å². The van der Waals surface area contributed by atoms with E-state index in [1.165, 1.54) is 0 Å². The maximum Gasteiger partial charge on any atom is 0.260 e. The van der Waals surface area contributed by atoms with Gasteiger partial charge in [-0.15, -0.1) is 0 Å². The first-order valence-corrected chi connectivity index (χ1v) is 5.75. The number of nitrogens with zero attached hydrogens (tertiary/aromatic N) is 1. The SMILES string of the molecule is CC(CN)CN(C)C(=O)COc1ccccc1. The Morgan fingerprint density at radius 2 is 2.06 bits per heavy atom. The van der Waals surface area contributed by atoms with Crippen molar-refractivity contribution in [3.8, 4) is 5.75 Å². The normalized spacial score (nSPS) is 11.9. The van der Waals surface area contributed by atoms with E-state index < -0.39 is 0 Å². The van der Waals surface area contributed by atoms with Crippen LogP contribution in [0.5, 0.6) is 5.75 Å². The molecule has 1 rings (SSSR count). The van der Waals surface area contributed by atoms with Crippen LogP contribution in [0.1, 0.15) is 6.92 Å². The summed E-state index contributed by atoms with van der Waals surface area (Å²) in [5, 5.41) is 0. The number of benzene rings is 1. The summed E-state index contributed by atoms with van der Waals surface area (Å²) >= 11 is 0. The van der Waals surface area contributed by atoms with Crippen molar-refractivity contribution < 1.29 is 9.53 Å². The van der Waals surface area contributed by atoms with Crippen LogP contribution in [0.2, 0.25) is 0 Å². The number of carbonyl (C=O) groups is 1. The van der Waals surface area contributed by atoms with Crippen molar-refractivity contribution in [3.05, 3.63) is 30.3 Å². The Balaban J connectivity index is 2.34. The molecule has 2 N–H and O–H groups in total. The van der Waals surface area contributed by atoms with Gasteiger partial charge in [-0.05, 0) is 24.6 Å². The van der Waals surface area contributed by atoms with Gasteiger partial charge in [0.25, 0.3) is 5.91 Å². The highest BCUT2D eigenvalue weighted by Gasteiger charge is 2.12. The van der Waals surface area contributed by atoms with Crippen molar-refractivity contribution in [3.63, 3.8) is 0 Å². The second-order valence-corrected chi connectivity index (χ2v) is 4.22. The third-order valence-electron chi connectivity index (χ3n) is 2.52. The number of ether oxygens (including phenoxy) is 1. The van der Waals surface area contributed by atoms with Crippen molar-refractivity contribution in [1.82, 2.24) is 4.90 Å². The van der Waals surface area contributed by atoms with Gasteiger partial charge in [0.05, 0.1) is 0 Å². The van der Waals surface area contributed by atoms with Crippen LogP contribution >= 0.6 is 0 Å². The Labute approximate surface area is 102 Å². The lowest BCUT2D eigenvalue weighted by molar-refractivity contribution is -0.132. The number of carbonyl (C=O) groups excluding carboxylic acids is 1. The lowest BCUT2D eigenvalue weighted by Crippen LogP contribution is -2.36. The van der Waals surface area contributed by atoms with Crippen molar-refractivity contribution in [2.45, 2.75) is 6.92 Å². The van der Waals surface area contributed by atoms with Gasteiger partial charge in [0, 0.05) is 13.6 Å². The van der Waals surface area contributed by atoms with Gasteiger partial charge in [-0.2, -0.15) is 0 Å². The van der Waals surface area contributed by atoms with Crippen molar-refractivity contribution >= 4 is 5.91 Å². The first kappa shape index (κ1) is 13.5. The number of rotatable bonds is 6. The van der Waals surface area contributed by atoms with E-state index in [9.17, 15) is 4.79 Å². The van der Waals surface area contributed by atoms with Gasteiger partial charge in [0.1, 0.15) is 5.75 Å². The molecule has 1 amide bonds. The number of hydrogen-bond acceptors (Lipinski definition) is 3. The fraction of sp³-hybridized carbons (Fsp3) is 0.462. The van der Waals surface area contributed by atoms with Crippen LogP contribution in [0, 0.1) is 5.92 Å². The van der Waals surface area contributed by atoms with Crippen LogP contribution in [0.4, 0.5) is 0 Å². The highest BCUT2D eigenvalue weighted by molar-refractivity contribution is 5.77. The van der Waals surface area contributed by atoms with Crippen molar-refractivity contribution in [2.75, 3.05) is 26.7 Å². The number of amides is 1. The molecule has 0 radical (unpaired) electrons. The van der Waals surface area contributed by atoms with Crippen molar-refractivity contribution in [1.29, 1.82) is 0 Å². The van der Waals surface area contributed by atoms with Crippen LogP contribution < -0.4 is 10.5 Å². The molecule has 0 spiro atoms. The molecule has 1 aromatic rings. The molecule has 1 unspecified atom stereocenters. The fourth-order valence-electron chi connectivity index (χ4n) is 1.42. The molecular formula is C13H20N2O2. The monoisotopic (exact) mass is 236 g/mol. The van der Waals surface area contributed by atoms with Gasteiger partial charge < -0.3 is 15.4 Å². The molecule has 0 aliphatic carbocycles. The summed E-state index contributed by atoms with van der Waals surface area (Å²) in [6.07, 6.45) is 0. The zero-order valence-corrected chi connectivity index (χ0v) is 10.4. The fourth-order valence-corrected chi connectivity index (χ4v) is 1.42. The standard InChI is InChI=1S/C13H20N2O2/c1-11(8-14)9-15(2)13(16)10-17-12-6-4-3-5-7-12/h3-7,11H,8-10,14H2,1-2H3. The van der Waals surface area contributed by atoms with E-state index in [1.807, 2.05) is 37.3 Å². The highest BCUT2D eigenvalue weighted by Crippen LogP contribution is 2.08. The molecule has 0 aliphatic rings. The quantitative estimate of drug-likeness (QED) is 0.805. The third-order valence-corrected chi connectivity index (χ3v) is 2.52. The van der Waals surface area contributed by atoms with Gasteiger partial charge >= 0.3 is 0 Å². The summed E-state index contributed by atoms with van der Waals surface area (Å²) in [5.74, 6) is 0.982. The van der Waals surface area contributed by atoms with Crippen molar-refractivity contribution in [2.24, 2.45) is 11.7 Å². The highest BCUT2D eigenvalue weighted by atomic mass is 16.5. The van der Waals surface area contributed by atoms with E-state index in [2.05, 4.69) is 0 Å². The average molecular weight is 236 g/mol. The molecule has 0 saturated heterocycles. The van der Waals surface area contributed by atoms with Gasteiger partial charge in [0.2, 0.25) is 0 Å². The number of nitrogens with two attached hydrogens (primary N) is 1. The second-order valence-electron chi connectivity index (χ2n) is 4.22. The Bertz CT molecular complexity index is 341. The molecular weight excluding hydrogens is 216 g/mol. The number of hydrogen-bond donors (Lipinski definition) is 1. The lowest BCUT2D eigenvalue weighted by atomic mass is 10.2. The minimum Gasteiger partial charge on any atom is -0.484 e. The lowest BCUT2D eigenvalue weighted by Gasteiger charge is -2.20. The smallest absolute Gasteiger partial charge is 0.260 e. The summed E-state index contributed by atoms with van der Waals surface area (Å²) in [6.45, 7) is 3.32. The average Bonchev–Trinajstić information content (AvgIpc) is 2.36. The number of likely N-dealkylation sites (N-methyl/N-ethyl adjacent to an activating group) is 1. The maximum absolute atomic E-state index is 11.7. The van der Waals surface area contributed by atoms with Crippen LogP contribution in [0.25, 0.3) is 0 Å². The van der Waals surface area contributed by atoms with E-state index >= 15 is 0 Å². The van der Waals surface area contributed by atoms with E-state index in [-0.39, 0.29) is 12.5 Å². The third kappa shape index (κ3) is 4.87. The van der Waals surface area contributed by atoms with E-state index in [0.29, 0.717) is 24.8 Å². The molecule has 1 atom stereocenters. The number of para-hydroxylation sites is 1. The minimum atomic E-state index is -0.0332. The molecule has 0 bridgehead atoms. The zero-order chi connectivity index (χ0) is 12.7. The summed E-state index contributed by atoms with van der Waals surface area (Å²) < 4.78 is 5.38. The first-order chi connectivity index (χ1) is 8.13. The summed E-state index contributed by atoms with van der Waals surface area (Å²) in [4.78, 5) is 13.4. The molecule has 1 aromatic carbocycles. The van der Waals surface area contributed by atoms with Crippen LogP contribution in [-0.4, -0.2) is 37.6 Å². The summed E-state index contributed by atoms with van der Waals surface area (Å²) in [6, 6.07) is 9.31. The maximum atomic E-state index is 11.7. The van der Waals surface area contributed by atoms with Crippen LogP contribution in [-0.2, 0) is 4.79 Å². The molecule has 94 valence electrons. The molecule has 0 heterocycles.